The molecule has 0 spiro atoms. The van der Waals surface area contributed by atoms with Gasteiger partial charge in [0.05, 0.1) is 5.52 Å². The van der Waals surface area contributed by atoms with E-state index in [-0.39, 0.29) is 5.76 Å². The number of fused-ring (bicyclic) bond motifs is 3. The second kappa shape index (κ2) is 3.87. The first-order chi connectivity index (χ1) is 9.20. The molecule has 100 valence electrons. The van der Waals surface area contributed by atoms with Gasteiger partial charge in [0.25, 0.3) is 0 Å². The molecule has 3 heterocycles. The molecule has 5 heteroatoms. The Morgan fingerprint density at radius 3 is 2.74 bits per heavy atom. The first-order valence-corrected chi connectivity index (χ1v) is 6.81. The number of piperazine rings is 1. The van der Waals surface area contributed by atoms with Crippen molar-refractivity contribution in [3.05, 3.63) is 28.7 Å². The van der Waals surface area contributed by atoms with Gasteiger partial charge in [-0.2, -0.15) is 0 Å². The Bertz CT molecular complexity index is 676. The molecule has 4 rings (SSSR count). The number of nitrogens with one attached hydrogen (secondary N) is 1. The van der Waals surface area contributed by atoms with E-state index in [2.05, 4.69) is 16.3 Å². The quantitative estimate of drug-likeness (QED) is 0.832. The molecule has 5 nitrogen and oxygen atoms in total. The Morgan fingerprint density at radius 1 is 1.26 bits per heavy atom. The highest BCUT2D eigenvalue weighted by Gasteiger charge is 2.32. The smallest absolute Gasteiger partial charge is 0.408 e. The Labute approximate surface area is 110 Å². The van der Waals surface area contributed by atoms with Gasteiger partial charge in [0, 0.05) is 44.0 Å². The maximum Gasteiger partial charge on any atom is 0.419 e. The number of aromatic nitrogens is 1. The van der Waals surface area contributed by atoms with E-state index in [1.54, 1.807) is 11.6 Å². The van der Waals surface area contributed by atoms with Crippen LogP contribution in [0.5, 0.6) is 0 Å². The molecule has 2 atom stereocenters. The van der Waals surface area contributed by atoms with Crippen LogP contribution in [0.15, 0.2) is 27.4 Å². The summed E-state index contributed by atoms with van der Waals surface area (Å²) in [4.78, 5) is 13.9. The van der Waals surface area contributed by atoms with Crippen molar-refractivity contribution >= 4 is 16.8 Å². The third-order valence-corrected chi connectivity index (χ3v) is 4.36. The largest absolute Gasteiger partial charge is 0.419 e. The van der Waals surface area contributed by atoms with Gasteiger partial charge in [0.1, 0.15) is 0 Å². The Balaban J connectivity index is 1.73. The summed E-state index contributed by atoms with van der Waals surface area (Å²) in [7, 11) is 1.74. The summed E-state index contributed by atoms with van der Waals surface area (Å²) in [6.45, 7) is 2.08. The van der Waals surface area contributed by atoms with Crippen molar-refractivity contribution in [1.29, 1.82) is 0 Å². The van der Waals surface area contributed by atoms with Crippen molar-refractivity contribution in [2.24, 2.45) is 7.05 Å². The van der Waals surface area contributed by atoms with E-state index >= 15 is 0 Å². The zero-order valence-electron chi connectivity index (χ0n) is 10.9. The highest BCUT2D eigenvalue weighted by Crippen LogP contribution is 2.27. The summed E-state index contributed by atoms with van der Waals surface area (Å²) in [5, 5.41) is 3.62. The van der Waals surface area contributed by atoms with E-state index in [0.29, 0.717) is 17.7 Å². The minimum Gasteiger partial charge on any atom is -0.408 e. The van der Waals surface area contributed by atoms with Crippen LogP contribution in [0.4, 0.5) is 5.69 Å². The standard InChI is InChI=1S/C14H17N3O2/c1-16-12-5-4-11(6-13(12)19-14(16)18)17-7-9-2-3-10(8-17)15-9/h4-6,9-10,15H,2-3,7-8H2,1H3. The third kappa shape index (κ3) is 1.69. The minimum absolute atomic E-state index is 0.299. The second-order valence-corrected chi connectivity index (χ2v) is 5.62. The molecule has 2 aliphatic heterocycles. The van der Waals surface area contributed by atoms with Gasteiger partial charge in [0.15, 0.2) is 5.58 Å². The highest BCUT2D eigenvalue weighted by molar-refractivity contribution is 5.77. The molecule has 1 N–H and O–H groups in total. The first-order valence-electron chi connectivity index (χ1n) is 6.81. The van der Waals surface area contributed by atoms with Gasteiger partial charge in [-0.05, 0) is 25.0 Å². The molecule has 2 unspecified atom stereocenters. The normalized spacial score (nSPS) is 26.3. The highest BCUT2D eigenvalue weighted by atomic mass is 16.4. The van der Waals surface area contributed by atoms with Gasteiger partial charge >= 0.3 is 5.76 Å². The van der Waals surface area contributed by atoms with Crippen molar-refractivity contribution in [2.75, 3.05) is 18.0 Å². The molecule has 0 saturated carbocycles. The zero-order valence-corrected chi connectivity index (χ0v) is 10.9. The van der Waals surface area contributed by atoms with Crippen LogP contribution in [0.2, 0.25) is 0 Å². The van der Waals surface area contributed by atoms with E-state index in [9.17, 15) is 4.79 Å². The van der Waals surface area contributed by atoms with Crippen molar-refractivity contribution in [3.8, 4) is 0 Å². The van der Waals surface area contributed by atoms with Crippen LogP contribution in [-0.2, 0) is 7.05 Å². The van der Waals surface area contributed by atoms with E-state index in [1.807, 2.05) is 12.1 Å². The molecule has 2 fully saturated rings. The molecule has 0 radical (unpaired) electrons. The van der Waals surface area contributed by atoms with E-state index < -0.39 is 0 Å². The monoisotopic (exact) mass is 259 g/mol. The summed E-state index contributed by atoms with van der Waals surface area (Å²) in [6.07, 6.45) is 2.54. The zero-order chi connectivity index (χ0) is 13.0. The second-order valence-electron chi connectivity index (χ2n) is 5.62. The number of nitrogens with zero attached hydrogens (tertiary/aromatic N) is 2. The van der Waals surface area contributed by atoms with Gasteiger partial charge in [-0.3, -0.25) is 4.57 Å². The molecular formula is C14H17N3O2. The molecule has 19 heavy (non-hydrogen) atoms. The lowest BCUT2D eigenvalue weighted by Crippen LogP contribution is -2.51. The van der Waals surface area contributed by atoms with Crippen LogP contribution in [0.3, 0.4) is 0 Å². The van der Waals surface area contributed by atoms with Gasteiger partial charge in [-0.1, -0.05) is 0 Å². The molecule has 0 aliphatic carbocycles. The van der Waals surface area contributed by atoms with Crippen molar-refractivity contribution in [2.45, 2.75) is 24.9 Å². The summed E-state index contributed by atoms with van der Waals surface area (Å²) in [5.74, 6) is -0.299. The fourth-order valence-electron chi connectivity index (χ4n) is 3.33. The number of hydrogen-bond acceptors (Lipinski definition) is 4. The van der Waals surface area contributed by atoms with Crippen LogP contribution >= 0.6 is 0 Å². The topological polar surface area (TPSA) is 50.4 Å². The molecule has 2 saturated heterocycles. The van der Waals surface area contributed by atoms with Gasteiger partial charge in [-0.25, -0.2) is 4.79 Å². The maximum atomic E-state index is 11.5. The number of anilines is 1. The number of oxazole rings is 1. The molecule has 1 aromatic carbocycles. The SMILES string of the molecule is Cn1c(=O)oc2cc(N3CC4CCC(C3)N4)ccc21. The Hall–Kier alpha value is -1.75. The van der Waals surface area contributed by atoms with Crippen molar-refractivity contribution < 1.29 is 4.42 Å². The number of hydrogen-bond donors (Lipinski definition) is 1. The van der Waals surface area contributed by atoms with Crippen molar-refractivity contribution in [1.82, 2.24) is 9.88 Å². The lowest BCUT2D eigenvalue weighted by Gasteiger charge is -2.34. The number of aryl methyl sites for hydroxylation is 1. The third-order valence-electron chi connectivity index (χ3n) is 4.36. The fraction of sp³-hybridized carbons (Fsp3) is 0.500. The summed E-state index contributed by atoms with van der Waals surface area (Å²) in [6, 6.07) is 7.26. The van der Waals surface area contributed by atoms with Gasteiger partial charge < -0.3 is 14.6 Å². The fourth-order valence-corrected chi connectivity index (χ4v) is 3.33. The van der Waals surface area contributed by atoms with Crippen LogP contribution in [0, 0.1) is 0 Å². The first kappa shape index (κ1) is 11.1. The lowest BCUT2D eigenvalue weighted by molar-refractivity contribution is 0.465. The van der Waals surface area contributed by atoms with Crippen LogP contribution in [0.25, 0.3) is 11.1 Å². The molecule has 0 amide bonds. The molecule has 2 bridgehead atoms. The van der Waals surface area contributed by atoms with Crippen LogP contribution < -0.4 is 16.0 Å². The van der Waals surface area contributed by atoms with E-state index in [1.165, 1.54) is 12.8 Å². The minimum atomic E-state index is -0.299. The summed E-state index contributed by atoms with van der Waals surface area (Å²) < 4.78 is 6.81. The molecule has 2 aromatic rings. The summed E-state index contributed by atoms with van der Waals surface area (Å²) >= 11 is 0. The molecular weight excluding hydrogens is 242 g/mol. The average molecular weight is 259 g/mol. The predicted octanol–water partition coefficient (Wildman–Crippen LogP) is 1.07. The summed E-state index contributed by atoms with van der Waals surface area (Å²) in [5.41, 5.74) is 2.68. The number of rotatable bonds is 1. The number of benzene rings is 1. The Morgan fingerprint density at radius 2 is 2.00 bits per heavy atom. The van der Waals surface area contributed by atoms with Crippen LogP contribution in [-0.4, -0.2) is 29.7 Å². The van der Waals surface area contributed by atoms with E-state index in [4.69, 9.17) is 4.42 Å². The molecule has 1 aromatic heterocycles. The predicted molar refractivity (Wildman–Crippen MR) is 73.6 cm³/mol. The van der Waals surface area contributed by atoms with Crippen molar-refractivity contribution in [3.63, 3.8) is 0 Å². The Kier molecular flexibility index (Phi) is 2.26. The maximum absolute atomic E-state index is 11.5. The molecule has 2 aliphatic rings. The van der Waals surface area contributed by atoms with Gasteiger partial charge in [-0.15, -0.1) is 0 Å². The average Bonchev–Trinajstić information content (AvgIpc) is 2.90. The lowest BCUT2D eigenvalue weighted by atomic mass is 10.2. The van der Waals surface area contributed by atoms with Crippen LogP contribution in [0.1, 0.15) is 12.8 Å². The van der Waals surface area contributed by atoms with Gasteiger partial charge in [0.2, 0.25) is 0 Å². The van der Waals surface area contributed by atoms with E-state index in [0.717, 1.165) is 24.3 Å².